The molecule has 0 atom stereocenters. The lowest BCUT2D eigenvalue weighted by atomic mass is 10.2. The molecule has 0 radical (unpaired) electrons. The lowest BCUT2D eigenvalue weighted by Crippen LogP contribution is -2.11. The Morgan fingerprint density at radius 2 is 1.82 bits per heavy atom. The largest absolute Gasteiger partial charge is 0.503 e. The summed E-state index contributed by atoms with van der Waals surface area (Å²) in [5.74, 6) is -1.06. The zero-order chi connectivity index (χ0) is 8.85. The highest BCUT2D eigenvalue weighted by atomic mass is 16.5. The van der Waals surface area contributed by atoms with E-state index in [0.29, 0.717) is 0 Å². The lowest BCUT2D eigenvalue weighted by molar-refractivity contribution is -0.137. The van der Waals surface area contributed by atoms with Crippen molar-refractivity contribution in [3.05, 3.63) is 11.8 Å². The molecule has 0 spiro atoms. The first-order valence-corrected chi connectivity index (χ1v) is 2.95. The van der Waals surface area contributed by atoms with Crippen molar-refractivity contribution >= 4 is 11.8 Å². The second kappa shape index (κ2) is 4.49. The topological polar surface area (TPSA) is 52.6 Å². The summed E-state index contributed by atoms with van der Waals surface area (Å²) in [6.45, 7) is 1.27. The van der Waals surface area contributed by atoms with Crippen molar-refractivity contribution in [2.75, 3.05) is 14.2 Å². The molecule has 0 fully saturated rings. The highest BCUT2D eigenvalue weighted by Crippen LogP contribution is 1.98. The minimum Gasteiger partial charge on any atom is -0.503 e. The van der Waals surface area contributed by atoms with Crippen molar-refractivity contribution in [3.8, 4) is 0 Å². The SMILES string of the molecule is CO/C=C(/C(C)=O)C(=O)OC. The summed E-state index contributed by atoms with van der Waals surface area (Å²) in [5.41, 5.74) is -0.0880. The Balaban J connectivity index is 4.48. The van der Waals surface area contributed by atoms with Crippen molar-refractivity contribution in [2.24, 2.45) is 0 Å². The molecule has 0 aliphatic rings. The standard InChI is InChI=1S/C7H10O4/c1-5(8)6(4-10-2)7(9)11-3/h4H,1-3H3/b6-4-. The van der Waals surface area contributed by atoms with Crippen LogP contribution in [0.2, 0.25) is 0 Å². The van der Waals surface area contributed by atoms with Gasteiger partial charge in [0.05, 0.1) is 14.2 Å². The molecule has 0 aliphatic carbocycles. The fourth-order valence-electron chi connectivity index (χ4n) is 0.503. The number of hydrogen-bond donors (Lipinski definition) is 0. The minimum atomic E-state index is -0.681. The molecule has 0 saturated heterocycles. The Kier molecular flexibility index (Phi) is 3.95. The summed E-state index contributed by atoms with van der Waals surface area (Å²) in [6.07, 6.45) is 1.06. The second-order valence-electron chi connectivity index (χ2n) is 1.81. The molecular formula is C7H10O4. The van der Waals surface area contributed by atoms with Crippen LogP contribution in [0.5, 0.6) is 0 Å². The monoisotopic (exact) mass is 158 g/mol. The van der Waals surface area contributed by atoms with Crippen LogP contribution >= 0.6 is 0 Å². The van der Waals surface area contributed by atoms with Crippen LogP contribution in [-0.4, -0.2) is 26.0 Å². The van der Waals surface area contributed by atoms with Gasteiger partial charge in [-0.3, -0.25) is 4.79 Å². The molecule has 0 bridgehead atoms. The van der Waals surface area contributed by atoms with Gasteiger partial charge < -0.3 is 9.47 Å². The van der Waals surface area contributed by atoms with E-state index >= 15 is 0 Å². The quantitative estimate of drug-likeness (QED) is 0.194. The number of methoxy groups -OCH3 is 2. The van der Waals surface area contributed by atoms with E-state index in [2.05, 4.69) is 9.47 Å². The molecule has 0 aromatic carbocycles. The minimum absolute atomic E-state index is 0.0880. The van der Waals surface area contributed by atoms with Crippen LogP contribution in [0.3, 0.4) is 0 Å². The maximum Gasteiger partial charge on any atom is 0.344 e. The summed E-state index contributed by atoms with van der Waals surface area (Å²) in [7, 11) is 2.56. The number of Topliss-reactive ketones (excluding diaryl/α,β-unsaturated/α-hetero) is 1. The Labute approximate surface area is 64.8 Å². The highest BCUT2D eigenvalue weighted by Gasteiger charge is 2.14. The van der Waals surface area contributed by atoms with Crippen molar-refractivity contribution in [2.45, 2.75) is 6.92 Å². The molecule has 0 aromatic heterocycles. The van der Waals surface area contributed by atoms with Crippen LogP contribution in [0.1, 0.15) is 6.92 Å². The van der Waals surface area contributed by atoms with Gasteiger partial charge in [-0.15, -0.1) is 0 Å². The predicted molar refractivity (Wildman–Crippen MR) is 37.8 cm³/mol. The van der Waals surface area contributed by atoms with Gasteiger partial charge in [0, 0.05) is 0 Å². The van der Waals surface area contributed by atoms with Gasteiger partial charge >= 0.3 is 5.97 Å². The van der Waals surface area contributed by atoms with E-state index in [-0.39, 0.29) is 11.4 Å². The lowest BCUT2D eigenvalue weighted by Gasteiger charge is -1.99. The first-order valence-electron chi connectivity index (χ1n) is 2.95. The smallest absolute Gasteiger partial charge is 0.344 e. The molecule has 4 nitrogen and oxygen atoms in total. The number of ether oxygens (including phenoxy) is 2. The number of esters is 1. The molecule has 62 valence electrons. The molecule has 0 aliphatic heterocycles. The number of ketones is 1. The molecule has 0 aromatic rings. The van der Waals surface area contributed by atoms with E-state index in [1.165, 1.54) is 21.1 Å². The van der Waals surface area contributed by atoms with E-state index in [1.54, 1.807) is 0 Å². The normalized spacial score (nSPS) is 10.6. The maximum atomic E-state index is 10.8. The van der Waals surface area contributed by atoms with Crippen LogP contribution in [-0.2, 0) is 19.1 Å². The first-order chi connectivity index (χ1) is 5.13. The molecule has 11 heavy (non-hydrogen) atoms. The number of carbonyl (C=O) groups excluding carboxylic acids is 2. The molecule has 0 rings (SSSR count). The zero-order valence-electron chi connectivity index (χ0n) is 6.71. The van der Waals surface area contributed by atoms with Crippen molar-refractivity contribution < 1.29 is 19.1 Å². The molecule has 4 heteroatoms. The van der Waals surface area contributed by atoms with E-state index in [9.17, 15) is 9.59 Å². The van der Waals surface area contributed by atoms with Gasteiger partial charge in [-0.25, -0.2) is 4.79 Å². The molecule has 0 saturated carbocycles. The third kappa shape index (κ3) is 2.84. The Morgan fingerprint density at radius 1 is 1.27 bits per heavy atom. The van der Waals surface area contributed by atoms with Gasteiger partial charge in [0.1, 0.15) is 11.8 Å². The average Bonchev–Trinajstić information content (AvgIpc) is 1.98. The van der Waals surface area contributed by atoms with Crippen molar-refractivity contribution in [1.82, 2.24) is 0 Å². The third-order valence-corrected chi connectivity index (χ3v) is 1.02. The fraction of sp³-hybridized carbons (Fsp3) is 0.429. The van der Waals surface area contributed by atoms with Gasteiger partial charge in [0.2, 0.25) is 0 Å². The Hall–Kier alpha value is -1.32. The van der Waals surface area contributed by atoms with Crippen LogP contribution in [0.15, 0.2) is 11.8 Å². The van der Waals surface area contributed by atoms with Gasteiger partial charge in [-0.1, -0.05) is 0 Å². The predicted octanol–water partition coefficient (Wildman–Crippen LogP) is 0.279. The molecule has 0 N–H and O–H groups in total. The van der Waals surface area contributed by atoms with Crippen LogP contribution in [0, 0.1) is 0 Å². The maximum absolute atomic E-state index is 10.8. The summed E-state index contributed by atoms with van der Waals surface area (Å²) in [4.78, 5) is 21.4. The van der Waals surface area contributed by atoms with Crippen LogP contribution in [0.25, 0.3) is 0 Å². The van der Waals surface area contributed by atoms with E-state index in [1.807, 2.05) is 0 Å². The first kappa shape index (κ1) is 9.68. The van der Waals surface area contributed by atoms with Crippen molar-refractivity contribution in [1.29, 1.82) is 0 Å². The van der Waals surface area contributed by atoms with Gasteiger partial charge in [-0.05, 0) is 6.92 Å². The van der Waals surface area contributed by atoms with E-state index in [4.69, 9.17) is 0 Å². The highest BCUT2D eigenvalue weighted by molar-refractivity contribution is 6.16. The Morgan fingerprint density at radius 3 is 2.09 bits per heavy atom. The summed E-state index contributed by atoms with van der Waals surface area (Å²) < 4.78 is 8.82. The molecule has 0 heterocycles. The molecule has 0 amide bonds. The fourth-order valence-corrected chi connectivity index (χ4v) is 0.503. The Bertz CT molecular complexity index is 193. The zero-order valence-corrected chi connectivity index (χ0v) is 6.71. The van der Waals surface area contributed by atoms with Gasteiger partial charge in [0.25, 0.3) is 0 Å². The van der Waals surface area contributed by atoms with Gasteiger partial charge in [0.15, 0.2) is 5.78 Å². The van der Waals surface area contributed by atoms with Gasteiger partial charge in [-0.2, -0.15) is 0 Å². The summed E-state index contributed by atoms with van der Waals surface area (Å²) in [5, 5.41) is 0. The molecule has 0 unspecified atom stereocenters. The summed E-state index contributed by atoms with van der Waals surface area (Å²) in [6, 6.07) is 0. The van der Waals surface area contributed by atoms with Crippen LogP contribution < -0.4 is 0 Å². The number of hydrogen-bond acceptors (Lipinski definition) is 4. The number of carbonyl (C=O) groups is 2. The second-order valence-corrected chi connectivity index (χ2v) is 1.81. The van der Waals surface area contributed by atoms with E-state index in [0.717, 1.165) is 6.26 Å². The number of rotatable bonds is 3. The molecular weight excluding hydrogens is 148 g/mol. The van der Waals surface area contributed by atoms with Crippen LogP contribution in [0.4, 0.5) is 0 Å². The average molecular weight is 158 g/mol. The third-order valence-electron chi connectivity index (χ3n) is 1.02. The van der Waals surface area contributed by atoms with E-state index < -0.39 is 5.97 Å². The summed E-state index contributed by atoms with van der Waals surface area (Å²) >= 11 is 0. The van der Waals surface area contributed by atoms with Crippen molar-refractivity contribution in [3.63, 3.8) is 0 Å².